The molecule has 0 aromatic heterocycles. The van der Waals surface area contributed by atoms with Crippen molar-refractivity contribution in [3.63, 3.8) is 0 Å². The molecule has 1 atom stereocenters. The van der Waals surface area contributed by atoms with Crippen molar-refractivity contribution in [3.8, 4) is 0 Å². The van der Waals surface area contributed by atoms with Crippen LogP contribution < -0.4 is 5.32 Å². The Morgan fingerprint density at radius 1 is 1.35 bits per heavy atom. The van der Waals surface area contributed by atoms with Gasteiger partial charge in [0.15, 0.2) is 11.6 Å². The van der Waals surface area contributed by atoms with Crippen LogP contribution in [0.5, 0.6) is 0 Å². The van der Waals surface area contributed by atoms with Gasteiger partial charge < -0.3 is 10.4 Å². The van der Waals surface area contributed by atoms with Crippen molar-refractivity contribution in [3.05, 3.63) is 35.4 Å². The van der Waals surface area contributed by atoms with Gasteiger partial charge in [0, 0.05) is 13.2 Å². The van der Waals surface area contributed by atoms with E-state index in [2.05, 4.69) is 19.2 Å². The quantitative estimate of drug-likeness (QED) is 0.809. The third kappa shape index (κ3) is 4.89. The average Bonchev–Trinajstić information content (AvgIpc) is 2.38. The third-order valence-corrected chi connectivity index (χ3v) is 3.09. The minimum atomic E-state index is -1.13. The van der Waals surface area contributed by atoms with E-state index in [1.165, 1.54) is 12.1 Å². The van der Waals surface area contributed by atoms with Gasteiger partial charge in [0.1, 0.15) is 0 Å². The highest BCUT2D eigenvalue weighted by atomic mass is 19.2. The van der Waals surface area contributed by atoms with E-state index >= 15 is 0 Å². The normalized spacial score (nSPS) is 12.5. The molecule has 0 aliphatic rings. The van der Waals surface area contributed by atoms with E-state index in [0.29, 0.717) is 18.9 Å². The first-order valence-electron chi connectivity index (χ1n) is 6.78. The average molecular weight is 285 g/mol. The Bertz CT molecular complexity index is 449. The highest BCUT2D eigenvalue weighted by Gasteiger charge is 2.17. The van der Waals surface area contributed by atoms with E-state index in [1.54, 1.807) is 0 Å². The maximum Gasteiger partial charge on any atom is 0.254 e. The molecule has 1 aromatic carbocycles. The summed E-state index contributed by atoms with van der Waals surface area (Å²) in [6.07, 6.45) is 1.43. The zero-order chi connectivity index (χ0) is 15.1. The van der Waals surface area contributed by atoms with Crippen LogP contribution in [0, 0.1) is 23.5 Å². The molecule has 0 saturated carbocycles. The maximum absolute atomic E-state index is 13.5. The predicted octanol–water partition coefficient (Wildman–Crippen LogP) is 2.74. The molecular formula is C15H21F2NO2. The largest absolute Gasteiger partial charge is 0.396 e. The number of hydrogen-bond acceptors (Lipinski definition) is 2. The fourth-order valence-electron chi connectivity index (χ4n) is 2.16. The van der Waals surface area contributed by atoms with Crippen LogP contribution in [0.3, 0.4) is 0 Å². The summed E-state index contributed by atoms with van der Waals surface area (Å²) in [4.78, 5) is 11.8. The first-order valence-corrected chi connectivity index (χ1v) is 6.78. The van der Waals surface area contributed by atoms with E-state index in [4.69, 9.17) is 5.11 Å². The summed E-state index contributed by atoms with van der Waals surface area (Å²) < 4.78 is 26.5. The molecule has 2 N–H and O–H groups in total. The summed E-state index contributed by atoms with van der Waals surface area (Å²) in [6, 6.07) is 3.52. The number of rotatable bonds is 7. The second-order valence-electron chi connectivity index (χ2n) is 5.32. The van der Waals surface area contributed by atoms with E-state index in [0.717, 1.165) is 12.5 Å². The summed E-state index contributed by atoms with van der Waals surface area (Å²) in [6.45, 7) is 4.49. The van der Waals surface area contributed by atoms with Crippen LogP contribution in [0.2, 0.25) is 0 Å². The standard InChI is InChI=1S/C15H21F2NO2/c1-10(2)8-11(6-7-19)9-18-15(20)12-4-3-5-13(16)14(12)17/h3-5,10-11,19H,6-9H2,1-2H3,(H,18,20). The van der Waals surface area contributed by atoms with Crippen molar-refractivity contribution in [2.24, 2.45) is 11.8 Å². The first kappa shape index (κ1) is 16.6. The van der Waals surface area contributed by atoms with Gasteiger partial charge in [0.25, 0.3) is 5.91 Å². The van der Waals surface area contributed by atoms with Crippen LogP contribution in [0.4, 0.5) is 8.78 Å². The van der Waals surface area contributed by atoms with Gasteiger partial charge in [-0.2, -0.15) is 0 Å². The van der Waals surface area contributed by atoms with Gasteiger partial charge in [0.2, 0.25) is 0 Å². The van der Waals surface area contributed by atoms with Gasteiger partial charge in [-0.15, -0.1) is 0 Å². The van der Waals surface area contributed by atoms with Crippen LogP contribution >= 0.6 is 0 Å². The smallest absolute Gasteiger partial charge is 0.254 e. The summed E-state index contributed by atoms with van der Waals surface area (Å²) in [7, 11) is 0. The van der Waals surface area contributed by atoms with Crippen molar-refractivity contribution < 1.29 is 18.7 Å². The molecule has 0 heterocycles. The summed E-state index contributed by atoms with van der Waals surface area (Å²) in [5.74, 6) is -2.23. The summed E-state index contributed by atoms with van der Waals surface area (Å²) in [5, 5.41) is 11.6. The summed E-state index contributed by atoms with van der Waals surface area (Å²) in [5.41, 5.74) is -0.294. The van der Waals surface area contributed by atoms with E-state index in [1.807, 2.05) is 0 Å². The Balaban J connectivity index is 2.63. The number of halogens is 2. The van der Waals surface area contributed by atoms with Gasteiger partial charge in [-0.1, -0.05) is 19.9 Å². The van der Waals surface area contributed by atoms with E-state index in [-0.39, 0.29) is 18.1 Å². The molecule has 0 radical (unpaired) electrons. The Hall–Kier alpha value is -1.49. The minimum absolute atomic E-state index is 0.0432. The monoisotopic (exact) mass is 285 g/mol. The van der Waals surface area contributed by atoms with Crippen LogP contribution in [0.15, 0.2) is 18.2 Å². The molecule has 0 fully saturated rings. The lowest BCUT2D eigenvalue weighted by Crippen LogP contribution is -2.31. The highest BCUT2D eigenvalue weighted by molar-refractivity contribution is 5.94. The molecular weight excluding hydrogens is 264 g/mol. The molecule has 20 heavy (non-hydrogen) atoms. The van der Waals surface area contributed by atoms with Gasteiger partial charge >= 0.3 is 0 Å². The van der Waals surface area contributed by atoms with Gasteiger partial charge in [0.05, 0.1) is 5.56 Å². The van der Waals surface area contributed by atoms with Gasteiger partial charge in [-0.05, 0) is 36.8 Å². The molecule has 1 rings (SSSR count). The molecule has 112 valence electrons. The predicted molar refractivity (Wildman–Crippen MR) is 73.3 cm³/mol. The zero-order valence-corrected chi connectivity index (χ0v) is 11.8. The van der Waals surface area contributed by atoms with Crippen molar-refractivity contribution in [2.75, 3.05) is 13.2 Å². The number of carbonyl (C=O) groups is 1. The molecule has 0 spiro atoms. The van der Waals surface area contributed by atoms with Crippen molar-refractivity contribution in [1.29, 1.82) is 0 Å². The number of nitrogens with one attached hydrogen (secondary N) is 1. The summed E-state index contributed by atoms with van der Waals surface area (Å²) >= 11 is 0. The molecule has 3 nitrogen and oxygen atoms in total. The Labute approximate surface area is 118 Å². The molecule has 0 saturated heterocycles. The van der Waals surface area contributed by atoms with E-state index < -0.39 is 17.5 Å². The Morgan fingerprint density at radius 2 is 2.05 bits per heavy atom. The fraction of sp³-hybridized carbons (Fsp3) is 0.533. The topological polar surface area (TPSA) is 49.3 Å². The Kier molecular flexibility index (Phi) is 6.58. The number of amides is 1. The van der Waals surface area contributed by atoms with Crippen LogP contribution in [-0.2, 0) is 0 Å². The second-order valence-corrected chi connectivity index (χ2v) is 5.32. The maximum atomic E-state index is 13.5. The van der Waals surface area contributed by atoms with Crippen LogP contribution in [0.1, 0.15) is 37.0 Å². The molecule has 5 heteroatoms. The molecule has 1 amide bonds. The van der Waals surface area contributed by atoms with Crippen LogP contribution in [-0.4, -0.2) is 24.2 Å². The van der Waals surface area contributed by atoms with Gasteiger partial charge in [-0.3, -0.25) is 4.79 Å². The van der Waals surface area contributed by atoms with Crippen LogP contribution in [0.25, 0.3) is 0 Å². The lowest BCUT2D eigenvalue weighted by atomic mass is 9.94. The number of aliphatic hydroxyl groups is 1. The molecule has 1 aromatic rings. The molecule has 0 bridgehead atoms. The highest BCUT2D eigenvalue weighted by Crippen LogP contribution is 2.15. The SMILES string of the molecule is CC(C)CC(CCO)CNC(=O)c1cccc(F)c1F. The van der Waals surface area contributed by atoms with Crippen molar-refractivity contribution >= 4 is 5.91 Å². The van der Waals surface area contributed by atoms with Crippen molar-refractivity contribution in [2.45, 2.75) is 26.7 Å². The zero-order valence-electron chi connectivity index (χ0n) is 11.8. The fourth-order valence-corrected chi connectivity index (χ4v) is 2.16. The van der Waals surface area contributed by atoms with E-state index in [9.17, 15) is 13.6 Å². The second kappa shape index (κ2) is 7.94. The third-order valence-electron chi connectivity index (χ3n) is 3.09. The lowest BCUT2D eigenvalue weighted by molar-refractivity contribution is 0.0936. The molecule has 0 aliphatic carbocycles. The number of benzene rings is 1. The number of carbonyl (C=O) groups excluding carboxylic acids is 1. The molecule has 0 aliphatic heterocycles. The number of hydrogen-bond donors (Lipinski definition) is 2. The molecule has 1 unspecified atom stereocenters. The number of aliphatic hydroxyl groups excluding tert-OH is 1. The van der Waals surface area contributed by atoms with Gasteiger partial charge in [-0.25, -0.2) is 8.78 Å². The first-order chi connectivity index (χ1) is 9.45. The lowest BCUT2D eigenvalue weighted by Gasteiger charge is -2.18. The van der Waals surface area contributed by atoms with Crippen molar-refractivity contribution in [1.82, 2.24) is 5.32 Å². The Morgan fingerprint density at radius 3 is 2.65 bits per heavy atom. The minimum Gasteiger partial charge on any atom is -0.396 e.